The van der Waals surface area contributed by atoms with E-state index in [1.165, 1.54) is 6.39 Å². The number of aromatic nitrogens is 1. The van der Waals surface area contributed by atoms with Crippen LogP contribution in [0.5, 0.6) is 0 Å². The molecule has 0 radical (unpaired) electrons. The van der Waals surface area contributed by atoms with Gasteiger partial charge < -0.3 is 23.9 Å². The van der Waals surface area contributed by atoms with Gasteiger partial charge in [0, 0.05) is 52.0 Å². The van der Waals surface area contributed by atoms with Gasteiger partial charge in [0.2, 0.25) is 5.76 Å². The van der Waals surface area contributed by atoms with Crippen molar-refractivity contribution < 1.29 is 13.9 Å². The van der Waals surface area contributed by atoms with Gasteiger partial charge in [-0.3, -0.25) is 4.79 Å². The van der Waals surface area contributed by atoms with E-state index in [-0.39, 0.29) is 11.9 Å². The van der Waals surface area contributed by atoms with E-state index < -0.39 is 0 Å². The Morgan fingerprint density at radius 1 is 1.28 bits per heavy atom. The van der Waals surface area contributed by atoms with Crippen molar-refractivity contribution in [3.63, 3.8) is 0 Å². The summed E-state index contributed by atoms with van der Waals surface area (Å²) in [6.45, 7) is 9.55. The lowest BCUT2D eigenvalue weighted by Crippen LogP contribution is -2.47. The molecule has 0 atom stereocenters. The summed E-state index contributed by atoms with van der Waals surface area (Å²) in [5.41, 5.74) is 0.668. The van der Waals surface area contributed by atoms with Gasteiger partial charge >= 0.3 is 0 Å². The Balaban J connectivity index is 1.58. The Hall–Kier alpha value is -1.44. The van der Waals surface area contributed by atoms with E-state index in [1.807, 2.05) is 11.8 Å². The second-order valence-electron chi connectivity index (χ2n) is 7.11. The summed E-state index contributed by atoms with van der Waals surface area (Å²) in [7, 11) is 2.17. The molecule has 0 spiro atoms. The molecule has 1 amide bonds. The van der Waals surface area contributed by atoms with Crippen molar-refractivity contribution in [2.24, 2.45) is 0 Å². The first-order valence-electron chi connectivity index (χ1n) is 9.35. The average Bonchev–Trinajstić information content (AvgIpc) is 3.06. The van der Waals surface area contributed by atoms with Gasteiger partial charge in [0.05, 0.1) is 5.69 Å². The molecule has 1 aromatic heterocycles. The molecule has 140 valence electrons. The van der Waals surface area contributed by atoms with Gasteiger partial charge in [0.25, 0.3) is 5.91 Å². The number of hydrogen-bond donors (Lipinski definition) is 0. The van der Waals surface area contributed by atoms with Gasteiger partial charge in [0.1, 0.15) is 0 Å². The normalized spacial score (nSPS) is 20.7. The van der Waals surface area contributed by atoms with Crippen molar-refractivity contribution in [2.45, 2.75) is 32.2 Å². The first-order valence-corrected chi connectivity index (χ1v) is 9.35. The molecule has 7 nitrogen and oxygen atoms in total. The molecule has 25 heavy (non-hydrogen) atoms. The molecule has 0 aliphatic carbocycles. The Morgan fingerprint density at radius 2 is 2.00 bits per heavy atom. The number of likely N-dealkylation sites (N-methyl/N-ethyl adjacent to an activating group) is 1. The molecular formula is C18H30N4O3. The van der Waals surface area contributed by atoms with Crippen LogP contribution in [0.1, 0.15) is 35.5 Å². The summed E-state index contributed by atoms with van der Waals surface area (Å²) in [5, 5.41) is 0. The number of hydrogen-bond acceptors (Lipinski definition) is 6. The third-order valence-electron chi connectivity index (χ3n) is 5.30. The summed E-state index contributed by atoms with van der Waals surface area (Å²) in [6, 6.07) is 0.234. The molecule has 0 bridgehead atoms. The standard InChI is InChI=1S/C18H30N4O3/c1-15-17(25-14-19-15)18(23)22(16-4-12-24-13-5-16)7-3-6-21-10-8-20(2)9-11-21/h14,16H,3-13H2,1-2H3. The maximum Gasteiger partial charge on any atom is 0.291 e. The number of amides is 1. The van der Waals surface area contributed by atoms with Gasteiger partial charge in [-0.1, -0.05) is 0 Å². The highest BCUT2D eigenvalue weighted by molar-refractivity contribution is 5.92. The maximum absolute atomic E-state index is 13.0. The number of oxazole rings is 1. The summed E-state index contributed by atoms with van der Waals surface area (Å²) < 4.78 is 10.8. The van der Waals surface area contributed by atoms with Crippen LogP contribution >= 0.6 is 0 Å². The smallest absolute Gasteiger partial charge is 0.291 e. The molecule has 1 aromatic rings. The molecular weight excluding hydrogens is 320 g/mol. The third-order valence-corrected chi connectivity index (χ3v) is 5.30. The summed E-state index contributed by atoms with van der Waals surface area (Å²) >= 11 is 0. The number of piperazine rings is 1. The van der Waals surface area contributed by atoms with Crippen molar-refractivity contribution in [1.29, 1.82) is 0 Å². The Kier molecular flexibility index (Phi) is 6.45. The maximum atomic E-state index is 13.0. The highest BCUT2D eigenvalue weighted by Crippen LogP contribution is 2.19. The fraction of sp³-hybridized carbons (Fsp3) is 0.778. The van der Waals surface area contributed by atoms with Crippen molar-refractivity contribution in [1.82, 2.24) is 19.7 Å². The van der Waals surface area contributed by atoms with E-state index in [4.69, 9.17) is 9.15 Å². The number of nitrogens with zero attached hydrogens (tertiary/aromatic N) is 4. The van der Waals surface area contributed by atoms with E-state index in [9.17, 15) is 4.79 Å². The first kappa shape index (κ1) is 18.4. The van der Waals surface area contributed by atoms with Crippen LogP contribution in [0, 0.1) is 6.92 Å². The topological polar surface area (TPSA) is 62.1 Å². The fourth-order valence-corrected chi connectivity index (χ4v) is 3.62. The molecule has 2 aliphatic heterocycles. The van der Waals surface area contributed by atoms with Crippen molar-refractivity contribution in [2.75, 3.05) is 59.5 Å². The van der Waals surface area contributed by atoms with Crippen molar-refractivity contribution in [3.05, 3.63) is 17.8 Å². The van der Waals surface area contributed by atoms with Crippen LogP contribution < -0.4 is 0 Å². The molecule has 0 unspecified atom stereocenters. The van der Waals surface area contributed by atoms with E-state index in [2.05, 4.69) is 21.8 Å². The largest absolute Gasteiger partial charge is 0.438 e. The van der Waals surface area contributed by atoms with Crippen LogP contribution in [0.25, 0.3) is 0 Å². The van der Waals surface area contributed by atoms with Crippen LogP contribution in [0.4, 0.5) is 0 Å². The zero-order valence-electron chi connectivity index (χ0n) is 15.4. The fourth-order valence-electron chi connectivity index (χ4n) is 3.62. The molecule has 7 heteroatoms. The summed E-state index contributed by atoms with van der Waals surface area (Å²) in [6.07, 6.45) is 4.13. The second kappa shape index (κ2) is 8.78. The second-order valence-corrected chi connectivity index (χ2v) is 7.11. The van der Waals surface area contributed by atoms with Crippen LogP contribution in [-0.2, 0) is 4.74 Å². The number of aryl methyl sites for hydroxylation is 1. The lowest BCUT2D eigenvalue weighted by Gasteiger charge is -2.35. The first-order chi connectivity index (χ1) is 12.1. The van der Waals surface area contributed by atoms with Crippen LogP contribution in [0.2, 0.25) is 0 Å². The van der Waals surface area contributed by atoms with Gasteiger partial charge in [-0.05, 0) is 39.8 Å². The monoisotopic (exact) mass is 350 g/mol. The van der Waals surface area contributed by atoms with Gasteiger partial charge in [-0.15, -0.1) is 0 Å². The highest BCUT2D eigenvalue weighted by Gasteiger charge is 2.29. The number of rotatable bonds is 6. The van der Waals surface area contributed by atoms with E-state index >= 15 is 0 Å². The molecule has 3 heterocycles. The molecule has 0 aromatic carbocycles. The lowest BCUT2D eigenvalue weighted by molar-refractivity contribution is 0.0258. The highest BCUT2D eigenvalue weighted by atomic mass is 16.5. The predicted molar refractivity (Wildman–Crippen MR) is 94.7 cm³/mol. The number of carbonyl (C=O) groups is 1. The quantitative estimate of drug-likeness (QED) is 0.769. The Bertz CT molecular complexity index is 548. The molecule has 2 aliphatic rings. The number of ether oxygens (including phenoxy) is 1. The van der Waals surface area contributed by atoms with Gasteiger partial charge in [-0.25, -0.2) is 4.98 Å². The minimum Gasteiger partial charge on any atom is -0.438 e. The zero-order chi connectivity index (χ0) is 17.6. The summed E-state index contributed by atoms with van der Waals surface area (Å²) in [4.78, 5) is 23.9. The molecule has 3 rings (SSSR count). The Labute approximate surface area is 149 Å². The van der Waals surface area contributed by atoms with Crippen LogP contribution in [0.15, 0.2) is 10.8 Å². The zero-order valence-corrected chi connectivity index (χ0v) is 15.4. The Morgan fingerprint density at radius 3 is 2.64 bits per heavy atom. The third kappa shape index (κ3) is 4.80. The minimum atomic E-state index is -0.0275. The minimum absolute atomic E-state index is 0.0275. The van der Waals surface area contributed by atoms with Crippen LogP contribution in [0.3, 0.4) is 0 Å². The number of carbonyl (C=O) groups excluding carboxylic acids is 1. The van der Waals surface area contributed by atoms with E-state index in [0.29, 0.717) is 11.5 Å². The molecule has 2 saturated heterocycles. The lowest BCUT2D eigenvalue weighted by atomic mass is 10.1. The van der Waals surface area contributed by atoms with E-state index in [0.717, 1.165) is 71.7 Å². The molecule has 0 N–H and O–H groups in total. The summed E-state index contributed by atoms with van der Waals surface area (Å²) in [5.74, 6) is 0.353. The van der Waals surface area contributed by atoms with Crippen molar-refractivity contribution >= 4 is 5.91 Å². The predicted octanol–water partition coefficient (Wildman–Crippen LogP) is 1.24. The van der Waals surface area contributed by atoms with Crippen LogP contribution in [-0.4, -0.2) is 91.2 Å². The molecule has 0 saturated carbocycles. The van der Waals surface area contributed by atoms with E-state index in [1.54, 1.807) is 0 Å². The SMILES string of the molecule is Cc1ncoc1C(=O)N(CCCN1CCN(C)CC1)C1CCOCC1. The van der Waals surface area contributed by atoms with Gasteiger partial charge in [0.15, 0.2) is 6.39 Å². The van der Waals surface area contributed by atoms with Gasteiger partial charge in [-0.2, -0.15) is 0 Å². The average molecular weight is 350 g/mol. The van der Waals surface area contributed by atoms with Crippen molar-refractivity contribution in [3.8, 4) is 0 Å². The molecule has 2 fully saturated rings.